The first-order valence-electron chi connectivity index (χ1n) is 9.72. The first-order valence-corrected chi connectivity index (χ1v) is 11.3. The van der Waals surface area contributed by atoms with E-state index >= 15 is 0 Å². The monoisotopic (exact) mass is 529 g/mol. The zero-order chi connectivity index (χ0) is 22.8. The second-order valence-corrected chi connectivity index (χ2v) is 8.98. The predicted octanol–water partition coefficient (Wildman–Crippen LogP) is 7.80. The van der Waals surface area contributed by atoms with E-state index in [4.69, 9.17) is 27.9 Å². The summed E-state index contributed by atoms with van der Waals surface area (Å²) >= 11 is 15.8. The normalized spacial score (nSPS) is 10.9. The summed E-state index contributed by atoms with van der Waals surface area (Å²) in [7, 11) is 0. The van der Waals surface area contributed by atoms with Gasteiger partial charge in [0.2, 0.25) is 0 Å². The van der Waals surface area contributed by atoms with E-state index in [1.54, 1.807) is 30.3 Å². The van der Waals surface area contributed by atoms with Crippen LogP contribution in [0.5, 0.6) is 5.75 Å². The molecule has 4 rings (SSSR count). The molecule has 0 fully saturated rings. The average Bonchev–Trinajstić information content (AvgIpc) is 3.15. The second kappa shape index (κ2) is 9.41. The molecule has 1 aromatic heterocycles. The predicted molar refractivity (Wildman–Crippen MR) is 131 cm³/mol. The Morgan fingerprint density at radius 1 is 1.03 bits per heavy atom. The van der Waals surface area contributed by atoms with E-state index in [0.29, 0.717) is 15.8 Å². The lowest BCUT2D eigenvalue weighted by Gasteiger charge is -2.17. The number of aryl methyl sites for hydroxylation is 1. The van der Waals surface area contributed by atoms with Crippen LogP contribution in [0.25, 0.3) is 16.9 Å². The lowest BCUT2D eigenvalue weighted by molar-refractivity contribution is 0.0697. The molecule has 0 saturated carbocycles. The highest BCUT2D eigenvalue weighted by Gasteiger charge is 2.16. The number of carboxylic acid groups (broad SMARTS) is 1. The number of rotatable bonds is 6. The van der Waals surface area contributed by atoms with E-state index in [1.807, 2.05) is 54.0 Å². The summed E-state index contributed by atoms with van der Waals surface area (Å²) in [6, 6.07) is 21.9. The van der Waals surface area contributed by atoms with E-state index < -0.39 is 5.97 Å². The van der Waals surface area contributed by atoms with Crippen molar-refractivity contribution in [3.05, 3.63) is 104 Å². The van der Waals surface area contributed by atoms with Crippen LogP contribution in [0, 0.1) is 6.92 Å². The molecule has 7 heteroatoms. The van der Waals surface area contributed by atoms with Gasteiger partial charge in [0.1, 0.15) is 12.4 Å². The lowest BCUT2D eigenvalue weighted by Crippen LogP contribution is -2.04. The second-order valence-electron chi connectivity index (χ2n) is 7.22. The first-order chi connectivity index (χ1) is 15.3. The molecule has 1 heterocycles. The SMILES string of the molecule is Cc1ccc(-c2cc(Br)ccc2OCc2ccc(Cl)cc2Cl)n1-c1cccc(C(=O)O)c1. The van der Waals surface area contributed by atoms with Crippen LogP contribution in [0.15, 0.2) is 77.3 Å². The fourth-order valence-electron chi connectivity index (χ4n) is 3.49. The Balaban J connectivity index is 1.76. The molecule has 4 aromatic rings. The van der Waals surface area contributed by atoms with Gasteiger partial charge in [0.05, 0.1) is 11.3 Å². The third-order valence-electron chi connectivity index (χ3n) is 5.04. The zero-order valence-electron chi connectivity index (χ0n) is 17.0. The smallest absolute Gasteiger partial charge is 0.335 e. The van der Waals surface area contributed by atoms with Crippen LogP contribution in [0.2, 0.25) is 10.0 Å². The summed E-state index contributed by atoms with van der Waals surface area (Å²) in [5.41, 5.74) is 4.51. The number of hydrogen-bond acceptors (Lipinski definition) is 2. The molecule has 0 unspecified atom stereocenters. The van der Waals surface area contributed by atoms with E-state index in [1.165, 1.54) is 0 Å². The maximum atomic E-state index is 11.5. The molecule has 0 amide bonds. The molecule has 0 bridgehead atoms. The van der Waals surface area contributed by atoms with E-state index in [-0.39, 0.29) is 12.2 Å². The Labute approximate surface area is 204 Å². The van der Waals surface area contributed by atoms with Gasteiger partial charge in [-0.1, -0.05) is 51.3 Å². The number of carbonyl (C=O) groups is 1. The van der Waals surface area contributed by atoms with Crippen molar-refractivity contribution in [1.29, 1.82) is 0 Å². The number of nitrogens with zero attached hydrogens (tertiary/aromatic N) is 1. The molecule has 0 atom stereocenters. The van der Waals surface area contributed by atoms with Crippen LogP contribution in [-0.4, -0.2) is 15.6 Å². The van der Waals surface area contributed by atoms with Crippen LogP contribution in [0.4, 0.5) is 0 Å². The standard InChI is InChI=1S/C25H18BrCl2NO3/c1-15-5-9-23(29(15)20-4-2-3-16(11-20)25(30)31)21-12-18(26)7-10-24(21)32-14-17-6-8-19(27)13-22(17)28/h2-13H,14H2,1H3,(H,30,31). The van der Waals surface area contributed by atoms with Crippen molar-refractivity contribution in [2.24, 2.45) is 0 Å². The van der Waals surface area contributed by atoms with E-state index in [2.05, 4.69) is 15.9 Å². The number of aromatic carboxylic acids is 1. The van der Waals surface area contributed by atoms with Gasteiger partial charge in [-0.2, -0.15) is 0 Å². The third-order valence-corrected chi connectivity index (χ3v) is 6.12. The molecule has 3 aromatic carbocycles. The summed E-state index contributed by atoms with van der Waals surface area (Å²) < 4.78 is 9.07. The van der Waals surface area contributed by atoms with E-state index in [9.17, 15) is 9.90 Å². The molecular weight excluding hydrogens is 513 g/mol. The topological polar surface area (TPSA) is 51.5 Å². The summed E-state index contributed by atoms with van der Waals surface area (Å²) in [6.07, 6.45) is 0. The maximum absolute atomic E-state index is 11.5. The Hall–Kier alpha value is -2.73. The van der Waals surface area contributed by atoms with E-state index in [0.717, 1.165) is 32.7 Å². The number of halogens is 3. The fraction of sp³-hybridized carbons (Fsp3) is 0.0800. The molecule has 0 aliphatic heterocycles. The van der Waals surface area contributed by atoms with Crippen molar-refractivity contribution in [2.45, 2.75) is 13.5 Å². The maximum Gasteiger partial charge on any atom is 0.335 e. The van der Waals surface area contributed by atoms with Crippen molar-refractivity contribution < 1.29 is 14.6 Å². The Morgan fingerprint density at radius 3 is 2.59 bits per heavy atom. The minimum Gasteiger partial charge on any atom is -0.488 e. The van der Waals surface area contributed by atoms with Gasteiger partial charge in [-0.15, -0.1) is 0 Å². The molecule has 162 valence electrons. The lowest BCUT2D eigenvalue weighted by atomic mass is 10.1. The molecule has 0 saturated heterocycles. The van der Waals surface area contributed by atoms with Crippen molar-refractivity contribution >= 4 is 45.1 Å². The van der Waals surface area contributed by atoms with Crippen molar-refractivity contribution in [2.75, 3.05) is 0 Å². The average molecular weight is 531 g/mol. The van der Waals surface area contributed by atoms with Gasteiger partial charge in [-0.25, -0.2) is 4.79 Å². The Kier molecular flexibility index (Phi) is 6.60. The molecular formula is C25H18BrCl2NO3. The summed E-state index contributed by atoms with van der Waals surface area (Å²) in [5.74, 6) is -0.294. The summed E-state index contributed by atoms with van der Waals surface area (Å²) in [5, 5.41) is 10.5. The highest BCUT2D eigenvalue weighted by atomic mass is 79.9. The Morgan fingerprint density at radius 2 is 1.84 bits per heavy atom. The molecule has 4 nitrogen and oxygen atoms in total. The van der Waals surface area contributed by atoms with Crippen molar-refractivity contribution in [3.8, 4) is 22.7 Å². The van der Waals surface area contributed by atoms with Gasteiger partial charge in [0, 0.05) is 37.0 Å². The molecule has 1 N–H and O–H groups in total. The number of hydrogen-bond donors (Lipinski definition) is 1. The van der Waals surface area contributed by atoms with Crippen molar-refractivity contribution in [1.82, 2.24) is 4.57 Å². The molecule has 0 radical (unpaired) electrons. The zero-order valence-corrected chi connectivity index (χ0v) is 20.1. The number of benzene rings is 3. The molecule has 0 spiro atoms. The fourth-order valence-corrected chi connectivity index (χ4v) is 4.32. The molecule has 0 aliphatic rings. The number of carboxylic acids is 1. The molecule has 0 aliphatic carbocycles. The van der Waals surface area contributed by atoms with Gasteiger partial charge in [-0.05, 0) is 67.6 Å². The first kappa shape index (κ1) is 22.5. The van der Waals surface area contributed by atoms with Crippen LogP contribution >= 0.6 is 39.1 Å². The summed E-state index contributed by atoms with van der Waals surface area (Å²) in [6.45, 7) is 2.25. The Bertz CT molecular complexity index is 1320. The van der Waals surface area contributed by atoms with Gasteiger partial charge in [0.15, 0.2) is 0 Å². The van der Waals surface area contributed by atoms with Crippen LogP contribution in [0.3, 0.4) is 0 Å². The third kappa shape index (κ3) is 4.70. The largest absolute Gasteiger partial charge is 0.488 e. The molecule has 32 heavy (non-hydrogen) atoms. The van der Waals surface area contributed by atoms with Crippen LogP contribution < -0.4 is 4.74 Å². The van der Waals surface area contributed by atoms with Gasteiger partial charge in [-0.3, -0.25) is 0 Å². The highest BCUT2D eigenvalue weighted by Crippen LogP contribution is 2.36. The highest BCUT2D eigenvalue weighted by molar-refractivity contribution is 9.10. The minimum atomic E-state index is -0.968. The summed E-state index contributed by atoms with van der Waals surface area (Å²) in [4.78, 5) is 11.5. The van der Waals surface area contributed by atoms with Gasteiger partial charge < -0.3 is 14.4 Å². The van der Waals surface area contributed by atoms with Crippen LogP contribution in [0.1, 0.15) is 21.6 Å². The number of ether oxygens (including phenoxy) is 1. The van der Waals surface area contributed by atoms with Gasteiger partial charge >= 0.3 is 5.97 Å². The quantitative estimate of drug-likeness (QED) is 0.276. The van der Waals surface area contributed by atoms with Crippen LogP contribution in [-0.2, 0) is 6.61 Å². The number of aromatic nitrogens is 1. The van der Waals surface area contributed by atoms with Gasteiger partial charge in [0.25, 0.3) is 0 Å². The minimum absolute atomic E-state index is 0.227. The van der Waals surface area contributed by atoms with Crippen molar-refractivity contribution in [3.63, 3.8) is 0 Å².